The maximum absolute atomic E-state index is 4.52. The number of fused-ring (bicyclic) bond motifs is 3. The minimum Gasteiger partial charge on any atom is -0.379 e. The molecule has 6 nitrogen and oxygen atoms in total. The fraction of sp³-hybridized carbons (Fsp3) is 0.360. The molecule has 0 radical (unpaired) electrons. The average molecular weight is 415 g/mol. The molecule has 4 heterocycles. The average Bonchev–Trinajstić information content (AvgIpc) is 3.31. The van der Waals surface area contributed by atoms with Crippen molar-refractivity contribution in [3.8, 4) is 0 Å². The quantitative estimate of drug-likeness (QED) is 0.492. The van der Waals surface area contributed by atoms with Crippen LogP contribution in [0, 0.1) is 13.8 Å². The Bertz CT molecular complexity index is 1240. The van der Waals surface area contributed by atoms with Crippen molar-refractivity contribution in [1.29, 1.82) is 0 Å². The second-order valence-electron chi connectivity index (χ2n) is 8.74. The third-order valence-corrected chi connectivity index (χ3v) is 6.65. The van der Waals surface area contributed by atoms with E-state index in [1.807, 2.05) is 6.92 Å². The first-order valence-electron chi connectivity index (χ1n) is 11.0. The summed E-state index contributed by atoms with van der Waals surface area (Å²) >= 11 is 0. The highest BCUT2D eigenvalue weighted by atomic mass is 15.3. The van der Waals surface area contributed by atoms with E-state index in [1.54, 1.807) is 0 Å². The van der Waals surface area contributed by atoms with Crippen molar-refractivity contribution in [2.75, 3.05) is 18.9 Å². The summed E-state index contributed by atoms with van der Waals surface area (Å²) in [6, 6.07) is 15.9. The van der Waals surface area contributed by atoms with Crippen molar-refractivity contribution < 1.29 is 0 Å². The van der Waals surface area contributed by atoms with Gasteiger partial charge in [0.05, 0.1) is 16.7 Å². The minimum atomic E-state index is 0.385. The van der Waals surface area contributed by atoms with Crippen LogP contribution in [0.15, 0.2) is 55.1 Å². The van der Waals surface area contributed by atoms with Crippen LogP contribution >= 0.6 is 0 Å². The van der Waals surface area contributed by atoms with Crippen LogP contribution < -0.4 is 5.32 Å². The number of nitrogens with one attached hydrogen (secondary N) is 1. The molecular weight excluding hydrogens is 384 g/mol. The lowest BCUT2D eigenvalue weighted by molar-refractivity contribution is 0.211. The number of rotatable bonds is 5. The molecule has 0 bridgehead atoms. The summed E-state index contributed by atoms with van der Waals surface area (Å²) in [5, 5.41) is 12.7. The Morgan fingerprint density at radius 1 is 1.13 bits per heavy atom. The lowest BCUT2D eigenvalue weighted by Gasteiger charge is -2.36. The van der Waals surface area contributed by atoms with Crippen LogP contribution in [-0.2, 0) is 6.54 Å². The molecule has 0 aliphatic carbocycles. The zero-order valence-corrected chi connectivity index (χ0v) is 18.5. The van der Waals surface area contributed by atoms with Crippen LogP contribution in [0.4, 0.5) is 5.69 Å². The number of anilines is 1. The molecule has 31 heavy (non-hydrogen) atoms. The van der Waals surface area contributed by atoms with E-state index in [2.05, 4.69) is 98.5 Å². The van der Waals surface area contributed by atoms with Crippen molar-refractivity contribution in [2.24, 2.45) is 0 Å². The number of likely N-dealkylation sites (tertiary alicyclic amines) is 1. The van der Waals surface area contributed by atoms with Gasteiger partial charge in [-0.1, -0.05) is 36.4 Å². The highest BCUT2D eigenvalue weighted by Crippen LogP contribution is 2.30. The van der Waals surface area contributed by atoms with E-state index < -0.39 is 0 Å². The summed E-state index contributed by atoms with van der Waals surface area (Å²) in [5.41, 5.74) is 6.84. The first-order valence-corrected chi connectivity index (χ1v) is 11.0. The zero-order chi connectivity index (χ0) is 21.5. The van der Waals surface area contributed by atoms with E-state index in [-0.39, 0.29) is 0 Å². The number of piperidine rings is 1. The summed E-state index contributed by atoms with van der Waals surface area (Å²) < 4.78 is 4.57. The SMILES string of the molecule is C=C[C@H]1C[C@H](Nc2cc3c(cc(C)n3Cc3ccccc3)n3c(C)nnc23)CCN1C. The van der Waals surface area contributed by atoms with Gasteiger partial charge in [0, 0.05) is 30.9 Å². The Morgan fingerprint density at radius 3 is 2.71 bits per heavy atom. The summed E-state index contributed by atoms with van der Waals surface area (Å²) in [7, 11) is 2.17. The molecule has 160 valence electrons. The second kappa shape index (κ2) is 7.85. The fourth-order valence-electron chi connectivity index (χ4n) is 4.86. The normalized spacial score (nSPS) is 19.8. The first-order chi connectivity index (χ1) is 15.0. The molecule has 2 atom stereocenters. The second-order valence-corrected chi connectivity index (χ2v) is 8.74. The highest BCUT2D eigenvalue weighted by Gasteiger charge is 2.25. The number of pyridine rings is 1. The van der Waals surface area contributed by atoms with Crippen LogP contribution in [0.3, 0.4) is 0 Å². The standard InChI is InChI=1S/C25H30N6/c1-5-21-14-20(11-12-29(21)4)26-22-15-23-24(31-18(3)27-28-25(22)31)13-17(2)30(23)16-19-9-7-6-8-10-19/h5-10,13,15,20-21,26H,1,11-12,14,16H2,2-4H3/t20-,21+/m1/s1. The molecule has 6 heteroatoms. The zero-order valence-electron chi connectivity index (χ0n) is 18.5. The molecule has 1 aromatic carbocycles. The van der Waals surface area contributed by atoms with Gasteiger partial charge in [-0.2, -0.15) is 0 Å². The van der Waals surface area contributed by atoms with E-state index in [0.29, 0.717) is 12.1 Å². The van der Waals surface area contributed by atoms with Gasteiger partial charge in [0.2, 0.25) is 0 Å². The molecule has 4 aromatic rings. The highest BCUT2D eigenvalue weighted by molar-refractivity contribution is 5.88. The van der Waals surface area contributed by atoms with E-state index in [0.717, 1.165) is 48.6 Å². The molecule has 3 aromatic heterocycles. The predicted molar refractivity (Wildman–Crippen MR) is 127 cm³/mol. The third-order valence-electron chi connectivity index (χ3n) is 6.65. The molecule has 0 saturated carbocycles. The number of likely N-dealkylation sites (N-methyl/N-ethyl adjacent to an activating group) is 1. The van der Waals surface area contributed by atoms with Crippen molar-refractivity contribution in [1.82, 2.24) is 24.1 Å². The number of hydrogen-bond donors (Lipinski definition) is 1. The van der Waals surface area contributed by atoms with Crippen LogP contribution in [-0.4, -0.2) is 49.7 Å². The number of aryl methyl sites for hydroxylation is 2. The fourth-order valence-corrected chi connectivity index (χ4v) is 4.86. The lowest BCUT2D eigenvalue weighted by atomic mass is 9.97. The Balaban J connectivity index is 1.59. The van der Waals surface area contributed by atoms with Crippen molar-refractivity contribution in [3.05, 3.63) is 72.2 Å². The van der Waals surface area contributed by atoms with E-state index >= 15 is 0 Å². The summed E-state index contributed by atoms with van der Waals surface area (Å²) in [6.07, 6.45) is 4.20. The smallest absolute Gasteiger partial charge is 0.184 e. The number of benzene rings is 1. The Kier molecular flexibility index (Phi) is 5.02. The molecule has 5 rings (SSSR count). The number of hydrogen-bond acceptors (Lipinski definition) is 4. The molecule has 0 amide bonds. The van der Waals surface area contributed by atoms with Crippen LogP contribution in [0.5, 0.6) is 0 Å². The maximum atomic E-state index is 4.52. The van der Waals surface area contributed by atoms with Crippen molar-refractivity contribution in [2.45, 2.75) is 45.3 Å². The van der Waals surface area contributed by atoms with Crippen LogP contribution in [0.2, 0.25) is 0 Å². The Labute approximate surface area is 183 Å². The van der Waals surface area contributed by atoms with Crippen LogP contribution in [0.1, 0.15) is 29.9 Å². The van der Waals surface area contributed by atoms with Crippen molar-refractivity contribution >= 4 is 22.4 Å². The molecule has 1 aliphatic heterocycles. The first kappa shape index (κ1) is 19.8. The van der Waals surface area contributed by atoms with E-state index in [1.165, 1.54) is 16.8 Å². The molecule has 1 aliphatic rings. The van der Waals surface area contributed by atoms with Gasteiger partial charge < -0.3 is 9.88 Å². The lowest BCUT2D eigenvalue weighted by Crippen LogP contribution is -2.43. The molecule has 1 N–H and O–H groups in total. The Morgan fingerprint density at radius 2 is 1.94 bits per heavy atom. The summed E-state index contributed by atoms with van der Waals surface area (Å²) in [6.45, 7) is 10.1. The molecule has 1 fully saturated rings. The van der Waals surface area contributed by atoms with Gasteiger partial charge in [0.1, 0.15) is 5.82 Å². The monoisotopic (exact) mass is 414 g/mol. The third kappa shape index (κ3) is 3.51. The predicted octanol–water partition coefficient (Wildman–Crippen LogP) is 4.41. The molecule has 0 spiro atoms. The maximum Gasteiger partial charge on any atom is 0.184 e. The van der Waals surface area contributed by atoms with Gasteiger partial charge in [-0.25, -0.2) is 0 Å². The van der Waals surface area contributed by atoms with Gasteiger partial charge in [-0.15, -0.1) is 16.8 Å². The summed E-state index contributed by atoms with van der Waals surface area (Å²) in [5.74, 6) is 0.910. The number of nitrogens with zero attached hydrogens (tertiary/aromatic N) is 5. The Hall–Kier alpha value is -3.12. The van der Waals surface area contributed by atoms with Crippen molar-refractivity contribution in [3.63, 3.8) is 0 Å². The van der Waals surface area contributed by atoms with Gasteiger partial charge >= 0.3 is 0 Å². The molecular formula is C25H30N6. The minimum absolute atomic E-state index is 0.385. The summed E-state index contributed by atoms with van der Waals surface area (Å²) in [4.78, 5) is 2.37. The number of aromatic nitrogens is 4. The molecule has 0 unspecified atom stereocenters. The largest absolute Gasteiger partial charge is 0.379 e. The molecule has 1 saturated heterocycles. The van der Waals surface area contributed by atoms with E-state index in [9.17, 15) is 0 Å². The van der Waals surface area contributed by atoms with Gasteiger partial charge in [0.15, 0.2) is 5.65 Å². The van der Waals surface area contributed by atoms with Gasteiger partial charge in [-0.05, 0) is 51.4 Å². The van der Waals surface area contributed by atoms with Crippen LogP contribution in [0.25, 0.3) is 16.7 Å². The van der Waals surface area contributed by atoms with Gasteiger partial charge in [0.25, 0.3) is 0 Å². The topological polar surface area (TPSA) is 50.4 Å². The van der Waals surface area contributed by atoms with Gasteiger partial charge in [-0.3, -0.25) is 9.30 Å². The van der Waals surface area contributed by atoms with E-state index in [4.69, 9.17) is 0 Å².